The minimum absolute atomic E-state index is 0.0562. The number of para-hydroxylation sites is 1. The summed E-state index contributed by atoms with van der Waals surface area (Å²) >= 11 is 0. The van der Waals surface area contributed by atoms with Crippen molar-refractivity contribution in [3.05, 3.63) is 29.8 Å². The molecule has 0 heterocycles. The molecule has 0 fully saturated rings. The molecule has 0 saturated carbocycles. The molecule has 0 atom stereocenters. The van der Waals surface area contributed by atoms with Crippen LogP contribution in [-0.4, -0.2) is 19.1 Å². The fourth-order valence-corrected chi connectivity index (χ4v) is 1.70. The number of ether oxygens (including phenoxy) is 1. The first kappa shape index (κ1) is 14.6. The summed E-state index contributed by atoms with van der Waals surface area (Å²) in [7, 11) is 0. The number of carbonyl (C=O) groups excluding carboxylic acids is 1. The van der Waals surface area contributed by atoms with Gasteiger partial charge in [-0.25, -0.2) is 0 Å². The van der Waals surface area contributed by atoms with Crippen LogP contribution in [0.1, 0.15) is 32.8 Å². The Kier molecular flexibility index (Phi) is 6.26. The van der Waals surface area contributed by atoms with E-state index in [1.807, 2.05) is 39.0 Å². The van der Waals surface area contributed by atoms with Crippen LogP contribution in [0, 0.1) is 5.92 Å². The minimum atomic E-state index is 0.0562. The molecule has 0 aliphatic rings. The summed E-state index contributed by atoms with van der Waals surface area (Å²) in [5, 5.41) is 2.92. The number of rotatable bonds is 7. The SMILES string of the molecule is CCOc1ccccc1CCCNC(=O)C(C)C. The maximum absolute atomic E-state index is 11.4. The molecule has 0 radical (unpaired) electrons. The lowest BCUT2D eigenvalue weighted by atomic mass is 10.1. The van der Waals surface area contributed by atoms with Crippen LogP contribution < -0.4 is 10.1 Å². The van der Waals surface area contributed by atoms with Crippen LogP contribution in [0.2, 0.25) is 0 Å². The van der Waals surface area contributed by atoms with Crippen LogP contribution in [0.25, 0.3) is 0 Å². The zero-order chi connectivity index (χ0) is 13.4. The second-order valence-electron chi connectivity index (χ2n) is 4.59. The van der Waals surface area contributed by atoms with E-state index in [9.17, 15) is 4.79 Å². The largest absolute Gasteiger partial charge is 0.494 e. The van der Waals surface area contributed by atoms with Crippen LogP contribution >= 0.6 is 0 Å². The van der Waals surface area contributed by atoms with E-state index in [-0.39, 0.29) is 11.8 Å². The summed E-state index contributed by atoms with van der Waals surface area (Å²) in [6.45, 7) is 7.19. The van der Waals surface area contributed by atoms with Gasteiger partial charge in [0.25, 0.3) is 0 Å². The van der Waals surface area contributed by atoms with E-state index < -0.39 is 0 Å². The van der Waals surface area contributed by atoms with Gasteiger partial charge in [0.05, 0.1) is 6.61 Å². The van der Waals surface area contributed by atoms with Crippen molar-refractivity contribution in [2.75, 3.05) is 13.2 Å². The van der Waals surface area contributed by atoms with E-state index in [2.05, 4.69) is 11.4 Å². The Morgan fingerprint density at radius 3 is 2.72 bits per heavy atom. The van der Waals surface area contributed by atoms with E-state index in [0.717, 1.165) is 25.1 Å². The summed E-state index contributed by atoms with van der Waals surface area (Å²) in [5.41, 5.74) is 1.21. The predicted octanol–water partition coefficient (Wildman–Crippen LogP) is 2.79. The van der Waals surface area contributed by atoms with Crippen LogP contribution in [0.4, 0.5) is 0 Å². The van der Waals surface area contributed by atoms with Crippen LogP contribution in [0.15, 0.2) is 24.3 Å². The van der Waals surface area contributed by atoms with E-state index in [1.54, 1.807) is 0 Å². The zero-order valence-electron chi connectivity index (χ0n) is 11.5. The monoisotopic (exact) mass is 249 g/mol. The Hall–Kier alpha value is -1.51. The van der Waals surface area contributed by atoms with E-state index >= 15 is 0 Å². The molecule has 1 N–H and O–H groups in total. The lowest BCUT2D eigenvalue weighted by Gasteiger charge is -2.11. The number of amides is 1. The van der Waals surface area contributed by atoms with Crippen molar-refractivity contribution >= 4 is 5.91 Å². The number of benzene rings is 1. The van der Waals surface area contributed by atoms with Gasteiger partial charge in [-0.05, 0) is 31.4 Å². The fourth-order valence-electron chi connectivity index (χ4n) is 1.70. The molecule has 0 spiro atoms. The van der Waals surface area contributed by atoms with Gasteiger partial charge in [-0.2, -0.15) is 0 Å². The highest BCUT2D eigenvalue weighted by Crippen LogP contribution is 2.19. The maximum Gasteiger partial charge on any atom is 0.222 e. The van der Waals surface area contributed by atoms with E-state index in [0.29, 0.717) is 6.61 Å². The molecule has 100 valence electrons. The highest BCUT2D eigenvalue weighted by atomic mass is 16.5. The molecule has 0 aromatic heterocycles. The molecule has 0 saturated heterocycles. The molecular formula is C15H23NO2. The molecule has 3 heteroatoms. The number of carbonyl (C=O) groups is 1. The first-order valence-corrected chi connectivity index (χ1v) is 6.63. The third-order valence-electron chi connectivity index (χ3n) is 2.72. The van der Waals surface area contributed by atoms with Gasteiger partial charge in [0.2, 0.25) is 5.91 Å². The van der Waals surface area contributed by atoms with Crippen LogP contribution in [-0.2, 0) is 11.2 Å². The fraction of sp³-hybridized carbons (Fsp3) is 0.533. The van der Waals surface area contributed by atoms with Crippen LogP contribution in [0.3, 0.4) is 0 Å². The highest BCUT2D eigenvalue weighted by Gasteiger charge is 2.06. The smallest absolute Gasteiger partial charge is 0.222 e. The van der Waals surface area contributed by atoms with Crippen molar-refractivity contribution in [2.24, 2.45) is 5.92 Å². The van der Waals surface area contributed by atoms with Gasteiger partial charge in [0.15, 0.2) is 0 Å². The quantitative estimate of drug-likeness (QED) is 0.755. The third-order valence-corrected chi connectivity index (χ3v) is 2.72. The van der Waals surface area contributed by atoms with Gasteiger partial charge in [-0.1, -0.05) is 32.0 Å². The molecule has 3 nitrogen and oxygen atoms in total. The molecule has 0 unspecified atom stereocenters. The Labute approximate surface area is 110 Å². The Morgan fingerprint density at radius 1 is 1.33 bits per heavy atom. The number of hydrogen-bond donors (Lipinski definition) is 1. The lowest BCUT2D eigenvalue weighted by Crippen LogP contribution is -2.28. The summed E-state index contributed by atoms with van der Waals surface area (Å²) in [5.74, 6) is 1.13. The van der Waals surface area contributed by atoms with Gasteiger partial charge in [-0.15, -0.1) is 0 Å². The van der Waals surface area contributed by atoms with Crippen LogP contribution in [0.5, 0.6) is 5.75 Å². The molecule has 0 bridgehead atoms. The lowest BCUT2D eigenvalue weighted by molar-refractivity contribution is -0.123. The maximum atomic E-state index is 11.4. The second kappa shape index (κ2) is 7.75. The summed E-state index contributed by atoms with van der Waals surface area (Å²) in [6, 6.07) is 8.07. The molecule has 1 aromatic rings. The average Bonchev–Trinajstić information content (AvgIpc) is 2.36. The third kappa shape index (κ3) is 4.78. The Morgan fingerprint density at radius 2 is 2.06 bits per heavy atom. The van der Waals surface area contributed by atoms with Crippen molar-refractivity contribution in [2.45, 2.75) is 33.6 Å². The normalized spacial score (nSPS) is 10.4. The molecule has 0 aliphatic carbocycles. The van der Waals surface area contributed by atoms with Crippen molar-refractivity contribution in [3.8, 4) is 5.75 Å². The molecule has 18 heavy (non-hydrogen) atoms. The minimum Gasteiger partial charge on any atom is -0.494 e. The van der Waals surface area contributed by atoms with Gasteiger partial charge >= 0.3 is 0 Å². The topological polar surface area (TPSA) is 38.3 Å². The highest BCUT2D eigenvalue weighted by molar-refractivity contribution is 5.77. The molecule has 0 aliphatic heterocycles. The predicted molar refractivity (Wildman–Crippen MR) is 73.8 cm³/mol. The van der Waals surface area contributed by atoms with Crippen molar-refractivity contribution in [1.82, 2.24) is 5.32 Å². The average molecular weight is 249 g/mol. The molecular weight excluding hydrogens is 226 g/mol. The van der Waals surface area contributed by atoms with Gasteiger partial charge in [0.1, 0.15) is 5.75 Å². The first-order chi connectivity index (χ1) is 8.65. The van der Waals surface area contributed by atoms with Crippen molar-refractivity contribution in [3.63, 3.8) is 0 Å². The number of hydrogen-bond acceptors (Lipinski definition) is 2. The summed E-state index contributed by atoms with van der Waals surface area (Å²) < 4.78 is 5.57. The van der Waals surface area contributed by atoms with E-state index in [4.69, 9.17) is 4.74 Å². The Balaban J connectivity index is 2.37. The van der Waals surface area contributed by atoms with Gasteiger partial charge in [0, 0.05) is 12.5 Å². The number of aryl methyl sites for hydroxylation is 1. The Bertz CT molecular complexity index is 375. The molecule has 1 aromatic carbocycles. The van der Waals surface area contributed by atoms with Gasteiger partial charge in [-0.3, -0.25) is 4.79 Å². The molecule has 1 rings (SSSR count). The second-order valence-corrected chi connectivity index (χ2v) is 4.59. The van der Waals surface area contributed by atoms with E-state index in [1.165, 1.54) is 5.56 Å². The van der Waals surface area contributed by atoms with Gasteiger partial charge < -0.3 is 10.1 Å². The summed E-state index contributed by atoms with van der Waals surface area (Å²) in [6.07, 6.45) is 1.86. The van der Waals surface area contributed by atoms with Crippen molar-refractivity contribution < 1.29 is 9.53 Å². The standard InChI is InChI=1S/C15H23NO2/c1-4-18-14-10-6-5-8-13(14)9-7-11-16-15(17)12(2)3/h5-6,8,10,12H,4,7,9,11H2,1-3H3,(H,16,17). The summed E-state index contributed by atoms with van der Waals surface area (Å²) in [4.78, 5) is 11.4. The number of nitrogens with one attached hydrogen (secondary N) is 1. The zero-order valence-corrected chi connectivity index (χ0v) is 11.5. The van der Waals surface area contributed by atoms with Crippen molar-refractivity contribution in [1.29, 1.82) is 0 Å². The first-order valence-electron chi connectivity index (χ1n) is 6.63. The molecule has 1 amide bonds.